The molecule has 0 radical (unpaired) electrons. The number of anilines is 1. The van der Waals surface area contributed by atoms with Gasteiger partial charge in [0.1, 0.15) is 0 Å². The first-order valence-corrected chi connectivity index (χ1v) is 6.48. The third kappa shape index (κ3) is 2.20. The van der Waals surface area contributed by atoms with Crippen LogP contribution in [0.1, 0.15) is 24.4 Å². The van der Waals surface area contributed by atoms with E-state index in [1.165, 1.54) is 11.3 Å². The lowest BCUT2D eigenvalue weighted by molar-refractivity contribution is -0.123. The van der Waals surface area contributed by atoms with Gasteiger partial charge in [-0.1, -0.05) is 18.2 Å². The number of benzene rings is 1. The second kappa shape index (κ2) is 4.61. The largest absolute Gasteiger partial charge is 0.374 e. The number of carbonyl (C=O) groups excluding carboxylic acids is 1. The fraction of sp³-hybridized carbons (Fsp3) is 0.500. The van der Waals surface area contributed by atoms with E-state index in [0.29, 0.717) is 6.61 Å². The molecule has 2 atom stereocenters. The van der Waals surface area contributed by atoms with E-state index in [1.807, 2.05) is 12.1 Å². The van der Waals surface area contributed by atoms with Gasteiger partial charge in [0, 0.05) is 19.3 Å². The monoisotopic (exact) mass is 246 g/mol. The molecule has 18 heavy (non-hydrogen) atoms. The lowest BCUT2D eigenvalue weighted by Gasteiger charge is -2.22. The topological polar surface area (TPSA) is 44.9 Å². The predicted octanol–water partition coefficient (Wildman–Crippen LogP) is 1.47. The van der Waals surface area contributed by atoms with E-state index in [-0.39, 0.29) is 18.1 Å². The summed E-state index contributed by atoms with van der Waals surface area (Å²) in [6.07, 6.45) is 1.86. The Morgan fingerprint density at radius 3 is 3.00 bits per heavy atom. The molecule has 4 heteroatoms. The molecule has 0 aromatic heterocycles. The van der Waals surface area contributed by atoms with Crippen LogP contribution in [0.3, 0.4) is 0 Å². The molecule has 1 aromatic carbocycles. The Hall–Kier alpha value is -1.55. The molecular weight excluding hydrogens is 228 g/mol. The number of carbonyl (C=O) groups is 1. The lowest BCUT2D eigenvalue weighted by atomic mass is 10.0. The minimum Gasteiger partial charge on any atom is -0.374 e. The van der Waals surface area contributed by atoms with Crippen LogP contribution >= 0.6 is 0 Å². The van der Waals surface area contributed by atoms with Gasteiger partial charge in [-0.05, 0) is 24.5 Å². The molecule has 2 aliphatic heterocycles. The SMILES string of the molecule is CN1CCCC(NC(=O)C2CO2)c2ccccc21. The molecule has 96 valence electrons. The quantitative estimate of drug-likeness (QED) is 0.804. The summed E-state index contributed by atoms with van der Waals surface area (Å²) in [5.74, 6) is 0.0272. The summed E-state index contributed by atoms with van der Waals surface area (Å²) in [5, 5.41) is 3.11. The average molecular weight is 246 g/mol. The van der Waals surface area contributed by atoms with Gasteiger partial charge in [0.2, 0.25) is 0 Å². The van der Waals surface area contributed by atoms with Gasteiger partial charge in [0.15, 0.2) is 6.10 Å². The van der Waals surface area contributed by atoms with Crippen LogP contribution in [0.2, 0.25) is 0 Å². The fourth-order valence-electron chi connectivity index (χ4n) is 2.55. The zero-order valence-electron chi connectivity index (χ0n) is 10.6. The molecule has 1 amide bonds. The van der Waals surface area contributed by atoms with E-state index in [4.69, 9.17) is 4.74 Å². The number of para-hydroxylation sites is 1. The number of hydrogen-bond donors (Lipinski definition) is 1. The molecule has 0 spiro atoms. The molecule has 1 aromatic rings. The Bertz CT molecular complexity index is 457. The molecule has 0 bridgehead atoms. The number of fused-ring (bicyclic) bond motifs is 1. The zero-order chi connectivity index (χ0) is 12.5. The number of epoxide rings is 1. The Balaban J connectivity index is 1.85. The van der Waals surface area contributed by atoms with Crippen LogP contribution in [0.4, 0.5) is 5.69 Å². The number of ether oxygens (including phenoxy) is 1. The van der Waals surface area contributed by atoms with E-state index in [1.54, 1.807) is 0 Å². The van der Waals surface area contributed by atoms with Gasteiger partial charge in [-0.3, -0.25) is 4.79 Å². The molecule has 2 heterocycles. The summed E-state index contributed by atoms with van der Waals surface area (Å²) in [6, 6.07) is 8.42. The second-order valence-corrected chi connectivity index (χ2v) is 5.01. The first-order chi connectivity index (χ1) is 8.75. The molecule has 2 aliphatic rings. The highest BCUT2D eigenvalue weighted by Gasteiger charge is 2.33. The van der Waals surface area contributed by atoms with Gasteiger partial charge in [-0.2, -0.15) is 0 Å². The molecule has 1 saturated heterocycles. The Labute approximate surface area is 107 Å². The van der Waals surface area contributed by atoms with Gasteiger partial charge in [-0.25, -0.2) is 0 Å². The summed E-state index contributed by atoms with van der Waals surface area (Å²) < 4.78 is 5.03. The van der Waals surface area contributed by atoms with Crippen molar-refractivity contribution in [3.05, 3.63) is 29.8 Å². The van der Waals surface area contributed by atoms with Gasteiger partial charge in [-0.15, -0.1) is 0 Å². The first-order valence-electron chi connectivity index (χ1n) is 6.48. The standard InChI is InChI=1S/C14H18N2O2/c1-16-8-4-6-11(15-14(17)13-9-18-13)10-5-2-3-7-12(10)16/h2-3,5,7,11,13H,4,6,8-9H2,1H3,(H,15,17). The fourth-order valence-corrected chi connectivity index (χ4v) is 2.55. The molecule has 3 rings (SSSR count). The highest BCUT2D eigenvalue weighted by molar-refractivity contribution is 5.83. The van der Waals surface area contributed by atoms with Crippen molar-refractivity contribution < 1.29 is 9.53 Å². The van der Waals surface area contributed by atoms with Crippen molar-refractivity contribution >= 4 is 11.6 Å². The van der Waals surface area contributed by atoms with E-state index < -0.39 is 0 Å². The van der Waals surface area contributed by atoms with Crippen LogP contribution in [-0.4, -0.2) is 32.2 Å². The van der Waals surface area contributed by atoms with Crippen molar-refractivity contribution in [2.45, 2.75) is 25.0 Å². The summed E-state index contributed by atoms with van der Waals surface area (Å²) in [5.41, 5.74) is 2.43. The summed E-state index contributed by atoms with van der Waals surface area (Å²) in [4.78, 5) is 14.1. The Kier molecular flexibility index (Phi) is 2.96. The van der Waals surface area contributed by atoms with Crippen LogP contribution in [0.15, 0.2) is 24.3 Å². The zero-order valence-corrected chi connectivity index (χ0v) is 10.6. The van der Waals surface area contributed by atoms with E-state index in [0.717, 1.165) is 19.4 Å². The van der Waals surface area contributed by atoms with Crippen LogP contribution < -0.4 is 10.2 Å². The molecule has 1 N–H and O–H groups in total. The van der Waals surface area contributed by atoms with Crippen molar-refractivity contribution in [3.63, 3.8) is 0 Å². The summed E-state index contributed by atoms with van der Waals surface area (Å²) >= 11 is 0. The minimum atomic E-state index is -0.210. The van der Waals surface area contributed by atoms with Crippen LogP contribution in [-0.2, 0) is 9.53 Å². The Morgan fingerprint density at radius 2 is 2.22 bits per heavy atom. The van der Waals surface area contributed by atoms with Crippen molar-refractivity contribution in [2.24, 2.45) is 0 Å². The number of nitrogens with zero attached hydrogens (tertiary/aromatic N) is 1. The molecule has 1 fully saturated rings. The van der Waals surface area contributed by atoms with Crippen LogP contribution in [0.25, 0.3) is 0 Å². The number of nitrogens with one attached hydrogen (secondary N) is 1. The van der Waals surface area contributed by atoms with E-state index in [2.05, 4.69) is 29.4 Å². The van der Waals surface area contributed by atoms with Crippen molar-refractivity contribution in [1.82, 2.24) is 5.32 Å². The van der Waals surface area contributed by atoms with Gasteiger partial charge >= 0.3 is 0 Å². The molecule has 0 saturated carbocycles. The lowest BCUT2D eigenvalue weighted by Crippen LogP contribution is -2.32. The normalized spacial score (nSPS) is 26.2. The van der Waals surface area contributed by atoms with Crippen LogP contribution in [0.5, 0.6) is 0 Å². The maximum atomic E-state index is 11.8. The molecule has 2 unspecified atom stereocenters. The minimum absolute atomic E-state index is 0.0272. The van der Waals surface area contributed by atoms with Gasteiger partial charge in [0.05, 0.1) is 12.6 Å². The third-order valence-electron chi connectivity index (χ3n) is 3.65. The summed E-state index contributed by atoms with van der Waals surface area (Å²) in [6.45, 7) is 1.60. The number of rotatable bonds is 2. The highest BCUT2D eigenvalue weighted by atomic mass is 16.6. The molecule has 4 nitrogen and oxygen atoms in total. The predicted molar refractivity (Wildman–Crippen MR) is 69.6 cm³/mol. The smallest absolute Gasteiger partial charge is 0.252 e. The van der Waals surface area contributed by atoms with Crippen LogP contribution in [0, 0.1) is 0 Å². The number of amides is 1. The van der Waals surface area contributed by atoms with Gasteiger partial charge < -0.3 is 15.0 Å². The van der Waals surface area contributed by atoms with Crippen molar-refractivity contribution in [3.8, 4) is 0 Å². The number of hydrogen-bond acceptors (Lipinski definition) is 3. The third-order valence-corrected chi connectivity index (χ3v) is 3.65. The highest BCUT2D eigenvalue weighted by Crippen LogP contribution is 2.32. The second-order valence-electron chi connectivity index (χ2n) is 5.01. The van der Waals surface area contributed by atoms with Crippen molar-refractivity contribution in [1.29, 1.82) is 0 Å². The Morgan fingerprint density at radius 1 is 1.44 bits per heavy atom. The van der Waals surface area contributed by atoms with Gasteiger partial charge in [0.25, 0.3) is 5.91 Å². The molecular formula is C14H18N2O2. The maximum absolute atomic E-state index is 11.8. The first kappa shape index (κ1) is 11.5. The van der Waals surface area contributed by atoms with E-state index in [9.17, 15) is 4.79 Å². The van der Waals surface area contributed by atoms with E-state index >= 15 is 0 Å². The summed E-state index contributed by atoms with van der Waals surface area (Å²) in [7, 11) is 2.10. The maximum Gasteiger partial charge on any atom is 0.252 e. The molecule has 0 aliphatic carbocycles. The average Bonchev–Trinajstić information content (AvgIpc) is 3.21. The van der Waals surface area contributed by atoms with Crippen molar-refractivity contribution in [2.75, 3.05) is 25.1 Å².